The molecular formula is C24H15FN2Se. The fraction of sp³-hybridized carbons (Fsp3) is 0. The molecule has 4 heteroatoms. The van der Waals surface area contributed by atoms with Crippen LogP contribution in [0.4, 0.5) is 4.39 Å². The second-order valence-corrected chi connectivity index (χ2v) is 8.18. The van der Waals surface area contributed by atoms with Gasteiger partial charge >= 0.3 is 168 Å². The van der Waals surface area contributed by atoms with E-state index in [-0.39, 0.29) is 20.5 Å². The van der Waals surface area contributed by atoms with Gasteiger partial charge < -0.3 is 0 Å². The number of benzene rings is 4. The summed E-state index contributed by atoms with van der Waals surface area (Å²) in [6.45, 7) is 0. The standard InChI is InChI=1S/C24H15FN2Se/c25-21-12-10-19(11-13-21)22-14-20(15-23-24(22)28-27-26-23)18-8-6-17(7-9-18)16-4-2-1-3-5-16/h1-15H. The molecule has 0 atom stereocenters. The van der Waals surface area contributed by atoms with Crippen LogP contribution in [0, 0.1) is 5.82 Å². The molecule has 0 bridgehead atoms. The zero-order valence-corrected chi connectivity index (χ0v) is 16.6. The van der Waals surface area contributed by atoms with Crippen LogP contribution >= 0.6 is 0 Å². The molecule has 0 fully saturated rings. The van der Waals surface area contributed by atoms with Crippen LogP contribution < -0.4 is 0 Å². The summed E-state index contributed by atoms with van der Waals surface area (Å²) < 4.78 is 18.8. The van der Waals surface area contributed by atoms with E-state index in [4.69, 9.17) is 0 Å². The molecule has 5 rings (SSSR count). The molecule has 0 aliphatic carbocycles. The molecule has 0 N–H and O–H groups in total. The maximum atomic E-state index is 13.4. The maximum absolute atomic E-state index is 13.4. The van der Waals surface area contributed by atoms with Crippen LogP contribution in [0.5, 0.6) is 0 Å². The first-order valence-corrected chi connectivity index (χ1v) is 10.6. The Morgan fingerprint density at radius 2 is 1.21 bits per heavy atom. The molecule has 28 heavy (non-hydrogen) atoms. The number of hydrogen-bond donors (Lipinski definition) is 0. The van der Waals surface area contributed by atoms with E-state index >= 15 is 0 Å². The number of aromatic nitrogens is 2. The quantitative estimate of drug-likeness (QED) is 0.338. The van der Waals surface area contributed by atoms with Crippen LogP contribution in [0.25, 0.3) is 43.2 Å². The van der Waals surface area contributed by atoms with E-state index in [0.29, 0.717) is 0 Å². The third-order valence-corrected chi connectivity index (χ3v) is 6.46. The zero-order valence-electron chi connectivity index (χ0n) is 14.8. The predicted molar refractivity (Wildman–Crippen MR) is 113 cm³/mol. The van der Waals surface area contributed by atoms with Gasteiger partial charge in [0.2, 0.25) is 0 Å². The molecule has 134 valence electrons. The fourth-order valence-electron chi connectivity index (χ4n) is 3.39. The topological polar surface area (TPSA) is 25.8 Å². The third kappa shape index (κ3) is 3.18. The van der Waals surface area contributed by atoms with Crippen molar-refractivity contribution in [3.8, 4) is 33.4 Å². The SMILES string of the molecule is Fc1ccc(-c2cc(-c3ccc(-c4ccccc4)cc3)cc3nn[se]c23)cc1. The normalized spacial score (nSPS) is 11.0. The Labute approximate surface area is 168 Å². The summed E-state index contributed by atoms with van der Waals surface area (Å²) >= 11 is -0.0330. The van der Waals surface area contributed by atoms with Gasteiger partial charge in [-0.15, -0.1) is 0 Å². The number of nitrogens with zero attached hydrogens (tertiary/aromatic N) is 2. The minimum absolute atomic E-state index is 0.0330. The second-order valence-electron chi connectivity index (χ2n) is 6.60. The van der Waals surface area contributed by atoms with E-state index in [1.54, 1.807) is 0 Å². The molecule has 0 amide bonds. The molecule has 2 nitrogen and oxygen atoms in total. The summed E-state index contributed by atoms with van der Waals surface area (Å²) in [6.07, 6.45) is 0. The van der Waals surface area contributed by atoms with Gasteiger partial charge in [-0.25, -0.2) is 0 Å². The van der Waals surface area contributed by atoms with Crippen molar-refractivity contribution < 1.29 is 4.39 Å². The van der Waals surface area contributed by atoms with Crippen LogP contribution in [0.2, 0.25) is 0 Å². The van der Waals surface area contributed by atoms with E-state index in [1.807, 2.05) is 30.3 Å². The van der Waals surface area contributed by atoms with Gasteiger partial charge in [0.15, 0.2) is 0 Å². The Bertz CT molecular complexity index is 1240. The van der Waals surface area contributed by atoms with Crippen molar-refractivity contribution in [2.75, 3.05) is 0 Å². The number of halogens is 1. The van der Waals surface area contributed by atoms with Crippen molar-refractivity contribution in [2.45, 2.75) is 0 Å². The first-order chi connectivity index (χ1) is 13.8. The van der Waals surface area contributed by atoms with E-state index < -0.39 is 0 Å². The summed E-state index contributed by atoms with van der Waals surface area (Å²) in [4.78, 5) is 0. The predicted octanol–water partition coefficient (Wildman–Crippen LogP) is 5.83. The van der Waals surface area contributed by atoms with Crippen LogP contribution in [0.15, 0.2) is 91.0 Å². The van der Waals surface area contributed by atoms with Crippen molar-refractivity contribution in [3.05, 3.63) is 96.8 Å². The molecule has 0 radical (unpaired) electrons. The first kappa shape index (κ1) is 17.1. The molecule has 5 aromatic rings. The molecule has 4 aromatic carbocycles. The molecule has 0 aliphatic heterocycles. The average Bonchev–Trinajstić information content (AvgIpc) is 3.23. The summed E-state index contributed by atoms with van der Waals surface area (Å²) in [5.74, 6) is -0.229. The van der Waals surface area contributed by atoms with Crippen LogP contribution in [-0.2, 0) is 0 Å². The van der Waals surface area contributed by atoms with Crippen LogP contribution in [0.3, 0.4) is 0 Å². The molecular weight excluding hydrogens is 414 g/mol. The summed E-state index contributed by atoms with van der Waals surface area (Å²) in [5.41, 5.74) is 7.61. The van der Waals surface area contributed by atoms with Crippen molar-refractivity contribution in [1.29, 1.82) is 0 Å². The van der Waals surface area contributed by atoms with E-state index in [0.717, 1.165) is 32.0 Å². The van der Waals surface area contributed by atoms with Gasteiger partial charge in [-0.1, -0.05) is 0 Å². The summed E-state index contributed by atoms with van der Waals surface area (Å²) in [7, 11) is 0. The van der Waals surface area contributed by atoms with Crippen molar-refractivity contribution in [3.63, 3.8) is 0 Å². The Hall–Kier alpha value is -3.07. The van der Waals surface area contributed by atoms with Gasteiger partial charge in [-0.3, -0.25) is 0 Å². The monoisotopic (exact) mass is 430 g/mol. The van der Waals surface area contributed by atoms with Gasteiger partial charge in [0.05, 0.1) is 0 Å². The molecule has 0 saturated carbocycles. The fourth-order valence-corrected chi connectivity index (χ4v) is 4.81. The third-order valence-electron chi connectivity index (χ3n) is 4.83. The van der Waals surface area contributed by atoms with Gasteiger partial charge in [-0.2, -0.15) is 0 Å². The molecule has 0 unspecified atom stereocenters. The zero-order chi connectivity index (χ0) is 18.9. The Morgan fingerprint density at radius 3 is 1.93 bits per heavy atom. The van der Waals surface area contributed by atoms with E-state index in [2.05, 4.69) is 57.7 Å². The van der Waals surface area contributed by atoms with Crippen LogP contribution in [-0.4, -0.2) is 23.9 Å². The van der Waals surface area contributed by atoms with Crippen molar-refractivity contribution in [1.82, 2.24) is 9.19 Å². The molecule has 1 heterocycles. The minimum atomic E-state index is -0.229. The van der Waals surface area contributed by atoms with Gasteiger partial charge in [0.25, 0.3) is 0 Å². The molecule has 0 saturated heterocycles. The second kappa shape index (κ2) is 7.16. The average molecular weight is 429 g/mol. The molecule has 0 aliphatic rings. The number of rotatable bonds is 3. The molecule has 1 aromatic heterocycles. The number of hydrogen-bond acceptors (Lipinski definition) is 2. The van der Waals surface area contributed by atoms with Gasteiger partial charge in [0.1, 0.15) is 0 Å². The van der Waals surface area contributed by atoms with E-state index in [1.165, 1.54) is 23.3 Å². The molecule has 0 spiro atoms. The van der Waals surface area contributed by atoms with Gasteiger partial charge in [0, 0.05) is 0 Å². The number of fused-ring (bicyclic) bond motifs is 1. The van der Waals surface area contributed by atoms with Crippen molar-refractivity contribution in [2.24, 2.45) is 0 Å². The Kier molecular flexibility index (Phi) is 4.36. The summed E-state index contributed by atoms with van der Waals surface area (Å²) in [6, 6.07) is 29.8. The van der Waals surface area contributed by atoms with Gasteiger partial charge in [-0.05, 0) is 0 Å². The van der Waals surface area contributed by atoms with E-state index in [9.17, 15) is 4.39 Å². The first-order valence-electron chi connectivity index (χ1n) is 8.96. The Morgan fingerprint density at radius 1 is 0.607 bits per heavy atom. The summed E-state index contributed by atoms with van der Waals surface area (Å²) in [5, 5.41) is 4.33. The van der Waals surface area contributed by atoms with Crippen LogP contribution in [0.1, 0.15) is 0 Å². The Balaban J connectivity index is 1.60. The van der Waals surface area contributed by atoms with Crippen molar-refractivity contribution >= 4 is 24.5 Å².